The van der Waals surface area contributed by atoms with E-state index in [1.165, 1.54) is 0 Å². The molecule has 0 aliphatic heterocycles. The third-order valence-corrected chi connectivity index (χ3v) is 2.91. The molecule has 0 saturated carbocycles. The van der Waals surface area contributed by atoms with Crippen molar-refractivity contribution < 1.29 is 9.53 Å². The zero-order chi connectivity index (χ0) is 14.2. The largest absolute Gasteiger partial charge is 0.413 e. The zero-order valence-electron chi connectivity index (χ0n) is 11.5. The van der Waals surface area contributed by atoms with Gasteiger partial charge in [-0.15, -0.1) is 0 Å². The van der Waals surface area contributed by atoms with E-state index in [-0.39, 0.29) is 6.04 Å². The predicted octanol–water partition coefficient (Wildman–Crippen LogP) is 3.71. The molecule has 0 fully saturated rings. The first-order valence-corrected chi connectivity index (χ1v) is 6.73. The molecule has 0 aliphatic rings. The molecule has 1 N–H and O–H groups in total. The summed E-state index contributed by atoms with van der Waals surface area (Å²) in [4.78, 5) is 16.0. The Morgan fingerprint density at radius 2 is 2.05 bits per heavy atom. The number of aromatic nitrogens is 1. The third-order valence-electron chi connectivity index (χ3n) is 2.91. The SMILES string of the molecule is CCCC(NC(=O)Oc1ccccc1)c1cccnc1. The van der Waals surface area contributed by atoms with E-state index in [1.807, 2.05) is 30.3 Å². The van der Waals surface area contributed by atoms with E-state index in [0.717, 1.165) is 18.4 Å². The van der Waals surface area contributed by atoms with Gasteiger partial charge in [0.2, 0.25) is 0 Å². The molecular formula is C16H18N2O2. The number of nitrogens with one attached hydrogen (secondary N) is 1. The maximum Gasteiger partial charge on any atom is 0.413 e. The van der Waals surface area contributed by atoms with Gasteiger partial charge in [0, 0.05) is 12.4 Å². The summed E-state index contributed by atoms with van der Waals surface area (Å²) in [5.74, 6) is 0.534. The molecule has 1 unspecified atom stereocenters. The number of amides is 1. The molecule has 1 amide bonds. The summed E-state index contributed by atoms with van der Waals surface area (Å²) in [6.07, 6.45) is 4.84. The van der Waals surface area contributed by atoms with E-state index < -0.39 is 6.09 Å². The van der Waals surface area contributed by atoms with E-state index in [4.69, 9.17) is 4.74 Å². The van der Waals surface area contributed by atoms with Crippen LogP contribution >= 0.6 is 0 Å². The number of carbonyl (C=O) groups excluding carboxylic acids is 1. The second-order valence-electron chi connectivity index (χ2n) is 4.47. The van der Waals surface area contributed by atoms with E-state index in [2.05, 4.69) is 17.2 Å². The lowest BCUT2D eigenvalue weighted by Gasteiger charge is -2.17. The minimum Gasteiger partial charge on any atom is -0.410 e. The molecule has 0 spiro atoms. The van der Waals surface area contributed by atoms with Crippen LogP contribution in [0.1, 0.15) is 31.4 Å². The monoisotopic (exact) mass is 270 g/mol. The lowest BCUT2D eigenvalue weighted by molar-refractivity contribution is 0.195. The van der Waals surface area contributed by atoms with Crippen molar-refractivity contribution >= 4 is 6.09 Å². The lowest BCUT2D eigenvalue weighted by Crippen LogP contribution is -2.31. The second-order valence-corrected chi connectivity index (χ2v) is 4.47. The molecular weight excluding hydrogens is 252 g/mol. The number of ether oxygens (including phenoxy) is 1. The molecule has 1 atom stereocenters. The van der Waals surface area contributed by atoms with Gasteiger partial charge in [0.15, 0.2) is 0 Å². The van der Waals surface area contributed by atoms with Crippen LogP contribution in [0.25, 0.3) is 0 Å². The molecule has 2 aromatic rings. The smallest absolute Gasteiger partial charge is 0.410 e. The molecule has 2 rings (SSSR count). The van der Waals surface area contributed by atoms with Gasteiger partial charge >= 0.3 is 6.09 Å². The minimum atomic E-state index is -0.446. The van der Waals surface area contributed by atoms with Gasteiger partial charge in [-0.25, -0.2) is 4.79 Å². The molecule has 0 bridgehead atoms. The van der Waals surface area contributed by atoms with Crippen LogP contribution in [0.5, 0.6) is 5.75 Å². The maximum atomic E-state index is 11.9. The Balaban J connectivity index is 1.99. The summed E-state index contributed by atoms with van der Waals surface area (Å²) >= 11 is 0. The van der Waals surface area contributed by atoms with Gasteiger partial charge in [-0.1, -0.05) is 37.6 Å². The Kier molecular flexibility index (Phi) is 5.12. The van der Waals surface area contributed by atoms with Crippen LogP contribution in [0.15, 0.2) is 54.9 Å². The number of carbonyl (C=O) groups is 1. The van der Waals surface area contributed by atoms with Crippen LogP contribution in [-0.2, 0) is 0 Å². The molecule has 1 heterocycles. The summed E-state index contributed by atoms with van der Waals surface area (Å²) in [6.45, 7) is 2.08. The van der Waals surface area contributed by atoms with Crippen molar-refractivity contribution in [3.8, 4) is 5.75 Å². The molecule has 0 aliphatic carbocycles. The Bertz CT molecular complexity index is 529. The van der Waals surface area contributed by atoms with Gasteiger partial charge < -0.3 is 10.1 Å². The number of hydrogen-bond acceptors (Lipinski definition) is 3. The molecule has 104 valence electrons. The summed E-state index contributed by atoms with van der Waals surface area (Å²) in [5, 5.41) is 2.88. The van der Waals surface area contributed by atoms with Crippen molar-refractivity contribution in [2.45, 2.75) is 25.8 Å². The maximum absolute atomic E-state index is 11.9. The second kappa shape index (κ2) is 7.28. The normalized spacial score (nSPS) is 11.7. The van der Waals surface area contributed by atoms with Gasteiger partial charge in [0.1, 0.15) is 5.75 Å². The van der Waals surface area contributed by atoms with Crippen LogP contribution in [0.4, 0.5) is 4.79 Å². The van der Waals surface area contributed by atoms with Crippen molar-refractivity contribution in [1.29, 1.82) is 0 Å². The number of nitrogens with zero attached hydrogens (tertiary/aromatic N) is 1. The highest BCUT2D eigenvalue weighted by Gasteiger charge is 2.15. The fraction of sp³-hybridized carbons (Fsp3) is 0.250. The van der Waals surface area contributed by atoms with Gasteiger partial charge in [0.25, 0.3) is 0 Å². The number of benzene rings is 1. The number of pyridine rings is 1. The predicted molar refractivity (Wildman–Crippen MR) is 77.5 cm³/mol. The third kappa shape index (κ3) is 4.09. The van der Waals surface area contributed by atoms with Crippen molar-refractivity contribution in [2.75, 3.05) is 0 Å². The number of para-hydroxylation sites is 1. The fourth-order valence-corrected chi connectivity index (χ4v) is 1.96. The first-order chi connectivity index (χ1) is 9.79. The van der Waals surface area contributed by atoms with Crippen LogP contribution in [-0.4, -0.2) is 11.1 Å². The lowest BCUT2D eigenvalue weighted by atomic mass is 10.0. The van der Waals surface area contributed by atoms with Crippen molar-refractivity contribution in [1.82, 2.24) is 10.3 Å². The molecule has 4 nitrogen and oxygen atoms in total. The van der Waals surface area contributed by atoms with Crippen molar-refractivity contribution in [3.05, 3.63) is 60.4 Å². The van der Waals surface area contributed by atoms with Gasteiger partial charge in [-0.3, -0.25) is 4.98 Å². The quantitative estimate of drug-likeness (QED) is 0.901. The summed E-state index contributed by atoms with van der Waals surface area (Å²) < 4.78 is 5.24. The Labute approximate surface area is 118 Å². The molecule has 0 saturated heterocycles. The molecule has 20 heavy (non-hydrogen) atoms. The van der Waals surface area contributed by atoms with Crippen LogP contribution < -0.4 is 10.1 Å². The van der Waals surface area contributed by atoms with E-state index in [9.17, 15) is 4.79 Å². The van der Waals surface area contributed by atoms with E-state index in [0.29, 0.717) is 5.75 Å². The Hall–Kier alpha value is -2.36. The van der Waals surface area contributed by atoms with Crippen LogP contribution in [0.2, 0.25) is 0 Å². The van der Waals surface area contributed by atoms with Crippen molar-refractivity contribution in [3.63, 3.8) is 0 Å². The molecule has 1 aromatic heterocycles. The highest BCUT2D eigenvalue weighted by molar-refractivity contribution is 5.70. The Morgan fingerprint density at radius 1 is 1.25 bits per heavy atom. The van der Waals surface area contributed by atoms with Gasteiger partial charge in [-0.05, 0) is 30.2 Å². The number of rotatable bonds is 5. The van der Waals surface area contributed by atoms with Crippen LogP contribution in [0.3, 0.4) is 0 Å². The van der Waals surface area contributed by atoms with E-state index in [1.54, 1.807) is 24.5 Å². The topological polar surface area (TPSA) is 51.2 Å². The summed E-state index contributed by atoms with van der Waals surface area (Å²) in [6, 6.07) is 12.8. The molecule has 1 aromatic carbocycles. The van der Waals surface area contributed by atoms with Gasteiger partial charge in [0.05, 0.1) is 6.04 Å². The summed E-state index contributed by atoms with van der Waals surface area (Å²) in [5.41, 5.74) is 0.986. The van der Waals surface area contributed by atoms with Crippen molar-refractivity contribution in [2.24, 2.45) is 0 Å². The standard InChI is InChI=1S/C16H18N2O2/c1-2-7-15(13-8-6-11-17-12-13)18-16(19)20-14-9-4-3-5-10-14/h3-6,8-12,15H,2,7H2,1H3,(H,18,19). The van der Waals surface area contributed by atoms with E-state index >= 15 is 0 Å². The highest BCUT2D eigenvalue weighted by Crippen LogP contribution is 2.18. The zero-order valence-corrected chi connectivity index (χ0v) is 11.5. The molecule has 4 heteroatoms. The average Bonchev–Trinajstić information content (AvgIpc) is 2.49. The molecule has 0 radical (unpaired) electrons. The first-order valence-electron chi connectivity index (χ1n) is 6.73. The summed E-state index contributed by atoms with van der Waals surface area (Å²) in [7, 11) is 0. The average molecular weight is 270 g/mol. The minimum absolute atomic E-state index is 0.0788. The highest BCUT2D eigenvalue weighted by atomic mass is 16.6. The Morgan fingerprint density at radius 3 is 2.70 bits per heavy atom. The first kappa shape index (κ1) is 14.1. The number of hydrogen-bond donors (Lipinski definition) is 1. The van der Waals surface area contributed by atoms with Crippen LogP contribution in [0, 0.1) is 0 Å². The fourth-order valence-electron chi connectivity index (χ4n) is 1.96. The van der Waals surface area contributed by atoms with Gasteiger partial charge in [-0.2, -0.15) is 0 Å².